The van der Waals surface area contributed by atoms with Crippen molar-refractivity contribution in [3.63, 3.8) is 0 Å². The quantitative estimate of drug-likeness (QED) is 0.670. The zero-order valence-electron chi connectivity index (χ0n) is 16.1. The van der Waals surface area contributed by atoms with Crippen LogP contribution >= 0.6 is 11.6 Å². The number of halogens is 1. The normalized spacial score (nSPS) is 14.8. The van der Waals surface area contributed by atoms with Gasteiger partial charge < -0.3 is 15.4 Å². The van der Waals surface area contributed by atoms with Crippen molar-refractivity contribution in [1.82, 2.24) is 9.62 Å². The zero-order valence-corrected chi connectivity index (χ0v) is 17.7. The highest BCUT2D eigenvalue weighted by Crippen LogP contribution is 2.19. The van der Waals surface area contributed by atoms with Gasteiger partial charge in [0.2, 0.25) is 15.9 Å². The van der Waals surface area contributed by atoms with Crippen LogP contribution in [0.1, 0.15) is 16.8 Å². The van der Waals surface area contributed by atoms with E-state index in [2.05, 4.69) is 10.6 Å². The Morgan fingerprint density at radius 1 is 1.00 bits per heavy atom. The van der Waals surface area contributed by atoms with Crippen molar-refractivity contribution >= 4 is 39.1 Å². The summed E-state index contributed by atoms with van der Waals surface area (Å²) in [4.78, 5) is 24.3. The van der Waals surface area contributed by atoms with Crippen LogP contribution in [0.15, 0.2) is 53.4 Å². The molecule has 2 aromatic rings. The molecule has 2 aromatic carbocycles. The van der Waals surface area contributed by atoms with Gasteiger partial charge in [-0.15, -0.1) is 0 Å². The molecule has 1 saturated heterocycles. The minimum atomic E-state index is -3.58. The standard InChI is InChI=1S/C20H22ClN3O5S/c21-16-3-1-15(2-4-16)20(26)22-10-9-19(25)23-17-5-7-18(8-6-17)30(27,28)24-11-13-29-14-12-24/h1-8H,9-14H2,(H,22,26)(H,23,25). The average Bonchev–Trinajstić information content (AvgIpc) is 2.75. The fourth-order valence-corrected chi connectivity index (χ4v) is 4.40. The lowest BCUT2D eigenvalue weighted by Crippen LogP contribution is -2.40. The van der Waals surface area contributed by atoms with Gasteiger partial charge in [-0.2, -0.15) is 4.31 Å². The molecule has 1 aliphatic rings. The molecule has 0 bridgehead atoms. The fourth-order valence-electron chi connectivity index (χ4n) is 2.86. The third kappa shape index (κ3) is 5.79. The largest absolute Gasteiger partial charge is 0.379 e. The van der Waals surface area contributed by atoms with E-state index in [-0.39, 0.29) is 29.7 Å². The molecule has 160 valence electrons. The molecule has 3 rings (SSSR count). The molecule has 2 N–H and O–H groups in total. The van der Waals surface area contributed by atoms with Gasteiger partial charge in [-0.25, -0.2) is 8.42 Å². The molecule has 0 saturated carbocycles. The Bertz CT molecular complexity index is 988. The molecule has 1 fully saturated rings. The Hall–Kier alpha value is -2.46. The number of hydrogen-bond acceptors (Lipinski definition) is 5. The molecule has 1 heterocycles. The summed E-state index contributed by atoms with van der Waals surface area (Å²) in [7, 11) is -3.58. The van der Waals surface area contributed by atoms with Gasteiger partial charge in [0.25, 0.3) is 5.91 Å². The SMILES string of the molecule is O=C(CCNC(=O)c1ccc(Cl)cc1)Nc1ccc(S(=O)(=O)N2CCOCC2)cc1. The number of benzene rings is 2. The van der Waals surface area contributed by atoms with Crippen LogP contribution in [0.5, 0.6) is 0 Å². The molecule has 8 nitrogen and oxygen atoms in total. The van der Waals surface area contributed by atoms with Crippen LogP contribution in [0.25, 0.3) is 0 Å². The average molecular weight is 452 g/mol. The van der Waals surface area contributed by atoms with Crippen LogP contribution in [-0.2, 0) is 19.6 Å². The van der Waals surface area contributed by atoms with Gasteiger partial charge in [-0.3, -0.25) is 9.59 Å². The van der Waals surface area contributed by atoms with Gasteiger partial charge in [0.1, 0.15) is 0 Å². The second-order valence-corrected chi connectivity index (χ2v) is 8.98. The maximum atomic E-state index is 12.6. The number of amides is 2. The lowest BCUT2D eigenvalue weighted by molar-refractivity contribution is -0.116. The van der Waals surface area contributed by atoms with E-state index in [1.165, 1.54) is 28.6 Å². The smallest absolute Gasteiger partial charge is 0.251 e. The van der Waals surface area contributed by atoms with Crippen LogP contribution in [0.2, 0.25) is 5.02 Å². The van der Waals surface area contributed by atoms with Crippen LogP contribution in [0, 0.1) is 0 Å². The minimum absolute atomic E-state index is 0.0765. The maximum Gasteiger partial charge on any atom is 0.251 e. The van der Waals surface area contributed by atoms with Gasteiger partial charge in [0.15, 0.2) is 0 Å². The van der Waals surface area contributed by atoms with E-state index in [1.807, 2.05) is 0 Å². The van der Waals surface area contributed by atoms with Gasteiger partial charge in [-0.1, -0.05) is 11.6 Å². The lowest BCUT2D eigenvalue weighted by Gasteiger charge is -2.26. The molecular formula is C20H22ClN3O5S. The first-order chi connectivity index (χ1) is 14.4. The number of carbonyl (C=O) groups is 2. The van der Waals surface area contributed by atoms with E-state index < -0.39 is 10.0 Å². The van der Waals surface area contributed by atoms with Crippen molar-refractivity contribution < 1.29 is 22.7 Å². The zero-order chi connectivity index (χ0) is 21.6. The van der Waals surface area contributed by atoms with Crippen LogP contribution < -0.4 is 10.6 Å². The van der Waals surface area contributed by atoms with Gasteiger partial charge in [-0.05, 0) is 48.5 Å². The Labute approximate surface area is 180 Å². The second kappa shape index (κ2) is 10.0. The number of sulfonamides is 1. The summed E-state index contributed by atoms with van der Waals surface area (Å²) in [5.41, 5.74) is 0.932. The summed E-state index contributed by atoms with van der Waals surface area (Å²) in [6.07, 6.45) is 0.0765. The number of carbonyl (C=O) groups excluding carboxylic acids is 2. The summed E-state index contributed by atoms with van der Waals surface area (Å²) < 4.78 is 31.8. The summed E-state index contributed by atoms with van der Waals surface area (Å²) >= 11 is 5.79. The van der Waals surface area contributed by atoms with Crippen LogP contribution in [0.4, 0.5) is 5.69 Å². The monoisotopic (exact) mass is 451 g/mol. The van der Waals surface area contributed by atoms with Crippen molar-refractivity contribution in [2.45, 2.75) is 11.3 Å². The first kappa shape index (κ1) is 22.2. The predicted octanol–water partition coefficient (Wildman–Crippen LogP) is 2.12. The molecule has 0 unspecified atom stereocenters. The molecule has 2 amide bonds. The summed E-state index contributed by atoms with van der Waals surface area (Å²) in [6, 6.07) is 12.4. The first-order valence-electron chi connectivity index (χ1n) is 9.38. The van der Waals surface area contributed by atoms with E-state index in [4.69, 9.17) is 16.3 Å². The van der Waals surface area contributed by atoms with Gasteiger partial charge >= 0.3 is 0 Å². The second-order valence-electron chi connectivity index (χ2n) is 6.60. The van der Waals surface area contributed by atoms with Gasteiger partial charge in [0, 0.05) is 42.3 Å². The summed E-state index contributed by atoms with van der Waals surface area (Å²) in [5, 5.41) is 5.88. The Kier molecular flexibility index (Phi) is 7.43. The van der Waals surface area contributed by atoms with Crippen molar-refractivity contribution in [2.24, 2.45) is 0 Å². The molecule has 0 radical (unpaired) electrons. The van der Waals surface area contributed by atoms with Crippen LogP contribution in [-0.4, -0.2) is 57.4 Å². The summed E-state index contributed by atoms with van der Waals surface area (Å²) in [5.74, 6) is -0.590. The third-order valence-corrected chi connectivity index (χ3v) is 6.65. The molecule has 0 atom stereocenters. The summed E-state index contributed by atoms with van der Waals surface area (Å²) in [6.45, 7) is 1.56. The maximum absolute atomic E-state index is 12.6. The van der Waals surface area contributed by atoms with Crippen molar-refractivity contribution in [2.75, 3.05) is 38.2 Å². The van der Waals surface area contributed by atoms with Gasteiger partial charge in [0.05, 0.1) is 18.1 Å². The predicted molar refractivity (Wildman–Crippen MR) is 113 cm³/mol. The Morgan fingerprint density at radius 2 is 1.63 bits per heavy atom. The number of ether oxygens (including phenoxy) is 1. The Balaban J connectivity index is 1.48. The topological polar surface area (TPSA) is 105 Å². The molecule has 0 spiro atoms. The molecule has 30 heavy (non-hydrogen) atoms. The number of nitrogens with zero attached hydrogens (tertiary/aromatic N) is 1. The number of nitrogens with one attached hydrogen (secondary N) is 2. The highest BCUT2D eigenvalue weighted by atomic mass is 35.5. The van der Waals surface area contributed by atoms with Crippen molar-refractivity contribution in [3.8, 4) is 0 Å². The van der Waals surface area contributed by atoms with E-state index in [0.717, 1.165) is 0 Å². The number of morpholine rings is 1. The molecule has 1 aliphatic heterocycles. The van der Waals surface area contributed by atoms with E-state index in [1.54, 1.807) is 24.3 Å². The molecule has 0 aliphatic carbocycles. The van der Waals surface area contributed by atoms with Crippen LogP contribution in [0.3, 0.4) is 0 Å². The third-order valence-electron chi connectivity index (χ3n) is 4.49. The fraction of sp³-hybridized carbons (Fsp3) is 0.300. The molecular weight excluding hydrogens is 430 g/mol. The molecule has 10 heteroatoms. The van der Waals surface area contributed by atoms with Crippen molar-refractivity contribution in [1.29, 1.82) is 0 Å². The molecule has 0 aromatic heterocycles. The Morgan fingerprint density at radius 3 is 2.27 bits per heavy atom. The van der Waals surface area contributed by atoms with E-state index in [0.29, 0.717) is 42.6 Å². The number of hydrogen-bond donors (Lipinski definition) is 2. The van der Waals surface area contributed by atoms with E-state index >= 15 is 0 Å². The number of anilines is 1. The van der Waals surface area contributed by atoms with Crippen molar-refractivity contribution in [3.05, 3.63) is 59.1 Å². The first-order valence-corrected chi connectivity index (χ1v) is 11.2. The number of rotatable bonds is 7. The minimum Gasteiger partial charge on any atom is -0.379 e. The lowest BCUT2D eigenvalue weighted by atomic mass is 10.2. The highest BCUT2D eigenvalue weighted by molar-refractivity contribution is 7.89. The van der Waals surface area contributed by atoms with E-state index in [9.17, 15) is 18.0 Å². The highest BCUT2D eigenvalue weighted by Gasteiger charge is 2.26.